The van der Waals surface area contributed by atoms with Crippen LogP contribution in [0.5, 0.6) is 0 Å². The van der Waals surface area contributed by atoms with Crippen LogP contribution in [-0.4, -0.2) is 11.1 Å². The van der Waals surface area contributed by atoms with Gasteiger partial charge < -0.3 is 5.11 Å². The van der Waals surface area contributed by atoms with E-state index < -0.39 is 11.8 Å². The molecule has 1 aromatic carbocycles. The molecule has 0 saturated carbocycles. The summed E-state index contributed by atoms with van der Waals surface area (Å²) in [4.78, 5) is 10.7. The van der Waals surface area contributed by atoms with Crippen molar-refractivity contribution in [3.05, 3.63) is 35.4 Å². The van der Waals surface area contributed by atoms with E-state index in [1.165, 1.54) is 12.1 Å². The number of carboxylic acid groups (broad SMARTS) is 1. The van der Waals surface area contributed by atoms with Crippen molar-refractivity contribution in [2.45, 2.75) is 5.79 Å². The molecule has 0 aliphatic carbocycles. The van der Waals surface area contributed by atoms with Crippen LogP contribution in [-0.2, 0) is 5.79 Å². The normalized spacial score (nSPS) is 11.3. The molecule has 0 aliphatic rings. The third-order valence-corrected chi connectivity index (χ3v) is 1.62. The first-order valence-electron chi connectivity index (χ1n) is 3.62. The van der Waals surface area contributed by atoms with Gasteiger partial charge in [-0.15, -0.1) is 0 Å². The predicted molar refractivity (Wildman–Crippen MR) is 47.6 cm³/mol. The minimum Gasteiger partial charge on any atom is -0.478 e. The van der Waals surface area contributed by atoms with Crippen LogP contribution in [0.1, 0.15) is 15.9 Å². The first-order chi connectivity index (χ1) is 5.93. The van der Waals surface area contributed by atoms with Crippen molar-refractivity contribution in [2.24, 2.45) is 17.2 Å². The Hall–Kier alpha value is -1.43. The lowest BCUT2D eigenvalue weighted by Crippen LogP contribution is -2.55. The van der Waals surface area contributed by atoms with Gasteiger partial charge >= 0.3 is 5.97 Å². The maximum absolute atomic E-state index is 10.7. The highest BCUT2D eigenvalue weighted by atomic mass is 16.4. The van der Waals surface area contributed by atoms with Crippen LogP contribution >= 0.6 is 0 Å². The van der Waals surface area contributed by atoms with Gasteiger partial charge in [0, 0.05) is 5.56 Å². The van der Waals surface area contributed by atoms with E-state index in [0.717, 1.165) is 0 Å². The average Bonchev–Trinajstić information content (AvgIpc) is 2.03. The van der Waals surface area contributed by atoms with E-state index in [4.69, 9.17) is 22.3 Å². The number of rotatable bonds is 2. The molecule has 0 unspecified atom stereocenters. The Labute approximate surface area is 75.1 Å². The van der Waals surface area contributed by atoms with Gasteiger partial charge in [0.05, 0.1) is 5.56 Å². The molecule has 0 saturated heterocycles. The molecule has 1 rings (SSSR count). The Bertz CT molecular complexity index is 330. The number of carboxylic acids is 1. The molecular formula is C8H11N3O2. The third-order valence-electron chi connectivity index (χ3n) is 1.62. The summed E-state index contributed by atoms with van der Waals surface area (Å²) < 4.78 is 0. The van der Waals surface area contributed by atoms with E-state index in [1.54, 1.807) is 12.1 Å². The maximum atomic E-state index is 10.7. The summed E-state index contributed by atoms with van der Waals surface area (Å²) in [6, 6.07) is 6.10. The van der Waals surface area contributed by atoms with E-state index >= 15 is 0 Å². The van der Waals surface area contributed by atoms with Crippen LogP contribution in [0.25, 0.3) is 0 Å². The lowest BCUT2D eigenvalue weighted by atomic mass is 10.0. The molecule has 5 nitrogen and oxygen atoms in total. The Kier molecular flexibility index (Phi) is 2.33. The second kappa shape index (κ2) is 3.14. The quantitative estimate of drug-likeness (QED) is 0.453. The molecule has 0 bridgehead atoms. The zero-order valence-electron chi connectivity index (χ0n) is 6.90. The van der Waals surface area contributed by atoms with Crippen molar-refractivity contribution in [3.8, 4) is 0 Å². The Morgan fingerprint density at radius 1 is 1.23 bits per heavy atom. The Morgan fingerprint density at radius 2 is 1.77 bits per heavy atom. The van der Waals surface area contributed by atoms with Crippen LogP contribution in [0.4, 0.5) is 0 Å². The highest BCUT2D eigenvalue weighted by Gasteiger charge is 2.21. The van der Waals surface area contributed by atoms with E-state index in [0.29, 0.717) is 0 Å². The zero-order valence-corrected chi connectivity index (χ0v) is 6.90. The highest BCUT2D eigenvalue weighted by molar-refractivity contribution is 5.89. The Morgan fingerprint density at radius 3 is 2.15 bits per heavy atom. The minimum atomic E-state index is -1.62. The van der Waals surface area contributed by atoms with E-state index in [9.17, 15) is 4.79 Å². The van der Waals surface area contributed by atoms with Gasteiger partial charge in [-0.3, -0.25) is 17.2 Å². The summed E-state index contributed by atoms with van der Waals surface area (Å²) >= 11 is 0. The van der Waals surface area contributed by atoms with E-state index in [2.05, 4.69) is 0 Å². The summed E-state index contributed by atoms with van der Waals surface area (Å²) in [6.45, 7) is 0. The second-order valence-corrected chi connectivity index (χ2v) is 2.78. The molecule has 0 aromatic heterocycles. The largest absolute Gasteiger partial charge is 0.478 e. The molecule has 5 heteroatoms. The summed E-state index contributed by atoms with van der Waals surface area (Å²) in [6.07, 6.45) is 0. The summed E-state index contributed by atoms with van der Waals surface area (Å²) in [7, 11) is 0. The fourth-order valence-electron chi connectivity index (χ4n) is 1.05. The molecule has 7 N–H and O–H groups in total. The molecular weight excluding hydrogens is 170 g/mol. The molecule has 0 heterocycles. The van der Waals surface area contributed by atoms with Gasteiger partial charge in [-0.05, 0) is 6.07 Å². The van der Waals surface area contributed by atoms with Gasteiger partial charge in [0.2, 0.25) is 0 Å². The number of carbonyl (C=O) groups is 1. The molecule has 0 aliphatic heterocycles. The van der Waals surface area contributed by atoms with Gasteiger partial charge in [-0.1, -0.05) is 18.2 Å². The van der Waals surface area contributed by atoms with Crippen LogP contribution in [0.15, 0.2) is 24.3 Å². The molecule has 1 aromatic rings. The molecule has 0 amide bonds. The predicted octanol–water partition coefficient (Wildman–Crippen LogP) is -0.629. The summed E-state index contributed by atoms with van der Waals surface area (Å²) in [5.74, 6) is -2.71. The maximum Gasteiger partial charge on any atom is 0.336 e. The van der Waals surface area contributed by atoms with Gasteiger partial charge in [-0.25, -0.2) is 4.79 Å². The molecule has 0 fully saturated rings. The number of hydrogen-bond donors (Lipinski definition) is 4. The van der Waals surface area contributed by atoms with Crippen molar-refractivity contribution in [2.75, 3.05) is 0 Å². The fraction of sp³-hybridized carbons (Fsp3) is 0.125. The fourth-order valence-corrected chi connectivity index (χ4v) is 1.05. The number of nitrogens with two attached hydrogens (primary N) is 3. The van der Waals surface area contributed by atoms with Crippen molar-refractivity contribution >= 4 is 5.97 Å². The molecule has 0 spiro atoms. The molecule has 70 valence electrons. The lowest BCUT2D eigenvalue weighted by Gasteiger charge is -2.20. The molecule has 0 atom stereocenters. The van der Waals surface area contributed by atoms with Crippen molar-refractivity contribution in [1.29, 1.82) is 0 Å². The summed E-state index contributed by atoms with van der Waals surface area (Å²) in [5.41, 5.74) is 16.4. The van der Waals surface area contributed by atoms with E-state index in [-0.39, 0.29) is 11.1 Å². The zero-order chi connectivity index (χ0) is 10.1. The van der Waals surface area contributed by atoms with Crippen molar-refractivity contribution in [3.63, 3.8) is 0 Å². The third kappa shape index (κ3) is 2.03. The van der Waals surface area contributed by atoms with E-state index in [1.807, 2.05) is 0 Å². The van der Waals surface area contributed by atoms with Crippen LogP contribution < -0.4 is 17.2 Å². The van der Waals surface area contributed by atoms with Crippen LogP contribution in [0.2, 0.25) is 0 Å². The number of benzene rings is 1. The lowest BCUT2D eigenvalue weighted by molar-refractivity contribution is 0.0693. The molecule has 0 radical (unpaired) electrons. The number of aromatic carboxylic acids is 1. The smallest absolute Gasteiger partial charge is 0.336 e. The first-order valence-corrected chi connectivity index (χ1v) is 3.62. The monoisotopic (exact) mass is 181 g/mol. The topological polar surface area (TPSA) is 115 Å². The van der Waals surface area contributed by atoms with Crippen LogP contribution in [0, 0.1) is 0 Å². The SMILES string of the molecule is NC(N)(N)c1ccccc1C(=O)O. The van der Waals surface area contributed by atoms with Crippen LogP contribution in [0.3, 0.4) is 0 Å². The number of hydrogen-bond acceptors (Lipinski definition) is 4. The van der Waals surface area contributed by atoms with Gasteiger partial charge in [0.25, 0.3) is 0 Å². The van der Waals surface area contributed by atoms with Gasteiger partial charge in [0.1, 0.15) is 5.79 Å². The van der Waals surface area contributed by atoms with Gasteiger partial charge in [-0.2, -0.15) is 0 Å². The first kappa shape index (κ1) is 9.66. The minimum absolute atomic E-state index is 0.0231. The second-order valence-electron chi connectivity index (χ2n) is 2.78. The molecule has 13 heavy (non-hydrogen) atoms. The standard InChI is InChI=1S/C8H11N3O2/c9-8(10,11)6-4-2-1-3-5(6)7(12)13/h1-4H,9-11H2,(H,12,13). The highest BCUT2D eigenvalue weighted by Crippen LogP contribution is 2.13. The van der Waals surface area contributed by atoms with Crippen molar-refractivity contribution < 1.29 is 9.90 Å². The average molecular weight is 181 g/mol. The van der Waals surface area contributed by atoms with Crippen molar-refractivity contribution in [1.82, 2.24) is 0 Å². The van der Waals surface area contributed by atoms with Gasteiger partial charge in [0.15, 0.2) is 0 Å². The summed E-state index contributed by atoms with van der Waals surface area (Å²) in [5, 5.41) is 8.76. The Balaban J connectivity index is 3.28.